The van der Waals surface area contributed by atoms with Crippen LogP contribution in [0.25, 0.3) is 0 Å². The number of nitrogens with zero attached hydrogens (tertiary/aromatic N) is 2. The van der Waals surface area contributed by atoms with E-state index in [4.69, 9.17) is 0 Å². The fraction of sp³-hybridized carbons (Fsp3) is 0.643. The van der Waals surface area contributed by atoms with Crippen LogP contribution in [0.3, 0.4) is 0 Å². The van der Waals surface area contributed by atoms with E-state index >= 15 is 0 Å². The lowest BCUT2D eigenvalue weighted by Gasteiger charge is -2.06. The number of carbonyl (C=O) groups is 1. The molecule has 5 heteroatoms. The number of amides is 1. The molecule has 1 amide bonds. The molecule has 106 valence electrons. The second kappa shape index (κ2) is 9.30. The molecule has 1 rings (SSSR count). The molecule has 19 heavy (non-hydrogen) atoms. The molecule has 0 aliphatic heterocycles. The lowest BCUT2D eigenvalue weighted by atomic mass is 10.2. The third kappa shape index (κ3) is 6.18. The smallest absolute Gasteiger partial charge is 0.271 e. The Morgan fingerprint density at radius 3 is 2.68 bits per heavy atom. The first-order chi connectivity index (χ1) is 9.27. The van der Waals surface area contributed by atoms with Crippen LogP contribution in [0.1, 0.15) is 56.4 Å². The first kappa shape index (κ1) is 15.4. The largest absolute Gasteiger partial charge is 0.369 e. The second-order valence-corrected chi connectivity index (χ2v) is 4.53. The van der Waals surface area contributed by atoms with Gasteiger partial charge in [-0.1, -0.05) is 33.1 Å². The van der Waals surface area contributed by atoms with Crippen LogP contribution in [0, 0.1) is 0 Å². The van der Waals surface area contributed by atoms with Gasteiger partial charge in [0.15, 0.2) is 0 Å². The van der Waals surface area contributed by atoms with Gasteiger partial charge in [-0.05, 0) is 12.8 Å². The van der Waals surface area contributed by atoms with Crippen molar-refractivity contribution in [1.82, 2.24) is 15.3 Å². The van der Waals surface area contributed by atoms with Gasteiger partial charge in [-0.3, -0.25) is 9.78 Å². The zero-order valence-corrected chi connectivity index (χ0v) is 11.9. The van der Waals surface area contributed by atoms with Crippen molar-refractivity contribution >= 4 is 11.7 Å². The Kier molecular flexibility index (Phi) is 7.54. The van der Waals surface area contributed by atoms with Gasteiger partial charge in [-0.15, -0.1) is 0 Å². The SMILES string of the molecule is CCCCCCNC(=O)c1cncc(NCCC)n1. The molecule has 0 bridgehead atoms. The van der Waals surface area contributed by atoms with Crippen LogP contribution in [-0.4, -0.2) is 29.0 Å². The number of unbranched alkanes of at least 4 members (excludes halogenated alkanes) is 3. The van der Waals surface area contributed by atoms with Crippen molar-refractivity contribution in [2.24, 2.45) is 0 Å². The molecule has 0 spiro atoms. The highest BCUT2D eigenvalue weighted by Gasteiger charge is 2.07. The molecular formula is C14H24N4O. The summed E-state index contributed by atoms with van der Waals surface area (Å²) >= 11 is 0. The van der Waals surface area contributed by atoms with Gasteiger partial charge in [0.25, 0.3) is 5.91 Å². The first-order valence-electron chi connectivity index (χ1n) is 7.12. The van der Waals surface area contributed by atoms with Crippen molar-refractivity contribution in [2.75, 3.05) is 18.4 Å². The molecule has 1 aromatic rings. The van der Waals surface area contributed by atoms with E-state index in [9.17, 15) is 4.79 Å². The molecule has 1 heterocycles. The van der Waals surface area contributed by atoms with Crippen molar-refractivity contribution in [3.05, 3.63) is 18.1 Å². The minimum Gasteiger partial charge on any atom is -0.369 e. The van der Waals surface area contributed by atoms with Crippen LogP contribution in [0.2, 0.25) is 0 Å². The van der Waals surface area contributed by atoms with Crippen molar-refractivity contribution in [2.45, 2.75) is 46.0 Å². The van der Waals surface area contributed by atoms with Crippen LogP contribution >= 0.6 is 0 Å². The zero-order chi connectivity index (χ0) is 13.9. The fourth-order valence-electron chi connectivity index (χ4n) is 1.66. The maximum absolute atomic E-state index is 11.9. The number of hydrogen-bond donors (Lipinski definition) is 2. The molecule has 5 nitrogen and oxygen atoms in total. The Labute approximate surface area is 115 Å². The quantitative estimate of drug-likeness (QED) is 0.673. The van der Waals surface area contributed by atoms with Crippen molar-refractivity contribution in [3.8, 4) is 0 Å². The number of carbonyl (C=O) groups excluding carboxylic acids is 1. The molecule has 1 aromatic heterocycles. The summed E-state index contributed by atoms with van der Waals surface area (Å²) in [5.41, 5.74) is 0.372. The van der Waals surface area contributed by atoms with Crippen LogP contribution in [0.15, 0.2) is 12.4 Å². The maximum atomic E-state index is 11.9. The zero-order valence-electron chi connectivity index (χ0n) is 11.9. The van der Waals surface area contributed by atoms with Crippen molar-refractivity contribution < 1.29 is 4.79 Å². The average Bonchev–Trinajstić information content (AvgIpc) is 2.45. The normalized spacial score (nSPS) is 10.2. The predicted octanol–water partition coefficient (Wildman–Crippen LogP) is 2.61. The van der Waals surface area contributed by atoms with E-state index in [2.05, 4.69) is 34.4 Å². The summed E-state index contributed by atoms with van der Waals surface area (Å²) in [5, 5.41) is 5.99. The fourth-order valence-corrected chi connectivity index (χ4v) is 1.66. The molecule has 0 saturated carbocycles. The highest BCUT2D eigenvalue weighted by molar-refractivity contribution is 5.92. The highest BCUT2D eigenvalue weighted by atomic mass is 16.1. The number of hydrogen-bond acceptors (Lipinski definition) is 4. The van der Waals surface area contributed by atoms with Gasteiger partial charge in [0.05, 0.1) is 12.4 Å². The van der Waals surface area contributed by atoms with Crippen LogP contribution in [-0.2, 0) is 0 Å². The van der Waals surface area contributed by atoms with Gasteiger partial charge in [0.2, 0.25) is 0 Å². The van der Waals surface area contributed by atoms with Gasteiger partial charge >= 0.3 is 0 Å². The minimum atomic E-state index is -0.149. The van der Waals surface area contributed by atoms with Crippen molar-refractivity contribution in [3.63, 3.8) is 0 Å². The standard InChI is InChI=1S/C14H24N4O/c1-3-5-6-7-9-17-14(19)12-10-15-11-13(18-12)16-8-4-2/h10-11H,3-9H2,1-2H3,(H,16,18)(H,17,19). The van der Waals surface area contributed by atoms with Crippen LogP contribution in [0.5, 0.6) is 0 Å². The highest BCUT2D eigenvalue weighted by Crippen LogP contribution is 2.03. The Bertz CT molecular complexity index is 381. The van der Waals surface area contributed by atoms with Crippen molar-refractivity contribution in [1.29, 1.82) is 0 Å². The molecule has 0 saturated heterocycles. The van der Waals surface area contributed by atoms with Gasteiger partial charge in [0, 0.05) is 13.1 Å². The summed E-state index contributed by atoms with van der Waals surface area (Å²) in [4.78, 5) is 20.1. The summed E-state index contributed by atoms with van der Waals surface area (Å²) in [7, 11) is 0. The first-order valence-corrected chi connectivity index (χ1v) is 7.12. The van der Waals surface area contributed by atoms with Gasteiger partial charge in [-0.2, -0.15) is 0 Å². The third-order valence-electron chi connectivity index (χ3n) is 2.74. The summed E-state index contributed by atoms with van der Waals surface area (Å²) < 4.78 is 0. The topological polar surface area (TPSA) is 66.9 Å². The molecular weight excluding hydrogens is 240 g/mol. The van der Waals surface area contributed by atoms with E-state index in [1.807, 2.05) is 0 Å². The van der Waals surface area contributed by atoms with Gasteiger partial charge in [0.1, 0.15) is 11.5 Å². The molecule has 0 radical (unpaired) electrons. The Morgan fingerprint density at radius 1 is 1.11 bits per heavy atom. The lowest BCUT2D eigenvalue weighted by Crippen LogP contribution is -2.25. The minimum absolute atomic E-state index is 0.149. The number of anilines is 1. The average molecular weight is 264 g/mol. The summed E-state index contributed by atoms with van der Waals surface area (Å²) in [5.74, 6) is 0.504. The Balaban J connectivity index is 2.38. The molecule has 0 fully saturated rings. The third-order valence-corrected chi connectivity index (χ3v) is 2.74. The van der Waals surface area contributed by atoms with E-state index in [0.717, 1.165) is 25.8 Å². The van der Waals surface area contributed by atoms with E-state index in [-0.39, 0.29) is 5.91 Å². The Hall–Kier alpha value is -1.65. The molecule has 0 aliphatic rings. The number of aromatic nitrogens is 2. The molecule has 2 N–H and O–H groups in total. The predicted molar refractivity (Wildman–Crippen MR) is 77.3 cm³/mol. The van der Waals surface area contributed by atoms with E-state index in [1.165, 1.54) is 19.0 Å². The molecule has 0 atom stereocenters. The lowest BCUT2D eigenvalue weighted by molar-refractivity contribution is 0.0947. The maximum Gasteiger partial charge on any atom is 0.271 e. The van der Waals surface area contributed by atoms with Gasteiger partial charge in [-0.25, -0.2) is 4.98 Å². The monoisotopic (exact) mass is 264 g/mol. The van der Waals surface area contributed by atoms with E-state index in [1.54, 1.807) is 6.20 Å². The molecule has 0 aromatic carbocycles. The van der Waals surface area contributed by atoms with E-state index < -0.39 is 0 Å². The summed E-state index contributed by atoms with van der Waals surface area (Å²) in [6, 6.07) is 0. The Morgan fingerprint density at radius 2 is 1.95 bits per heavy atom. The van der Waals surface area contributed by atoms with Crippen LogP contribution in [0.4, 0.5) is 5.82 Å². The number of rotatable bonds is 9. The van der Waals surface area contributed by atoms with Crippen LogP contribution < -0.4 is 10.6 Å². The van der Waals surface area contributed by atoms with E-state index in [0.29, 0.717) is 18.1 Å². The van der Waals surface area contributed by atoms with Gasteiger partial charge < -0.3 is 10.6 Å². The summed E-state index contributed by atoms with van der Waals surface area (Å²) in [6.07, 6.45) is 8.72. The molecule has 0 unspecified atom stereocenters. The second-order valence-electron chi connectivity index (χ2n) is 4.53. The molecule has 0 aliphatic carbocycles. The number of nitrogens with one attached hydrogen (secondary N) is 2. The summed E-state index contributed by atoms with van der Waals surface area (Å²) in [6.45, 7) is 5.78.